The van der Waals surface area contributed by atoms with Gasteiger partial charge in [0.1, 0.15) is 11.6 Å². The van der Waals surface area contributed by atoms with E-state index in [0.29, 0.717) is 9.79 Å². The number of carboxylic acid groups (broad SMARTS) is 1. The molecule has 0 unspecified atom stereocenters. The summed E-state index contributed by atoms with van der Waals surface area (Å²) in [5.41, 5.74) is 0. The molecule has 0 saturated heterocycles. The maximum atomic E-state index is 13.5. The summed E-state index contributed by atoms with van der Waals surface area (Å²) in [6.45, 7) is -0.570. The molecule has 0 heterocycles. The van der Waals surface area contributed by atoms with Crippen molar-refractivity contribution in [3.8, 4) is 5.75 Å². The summed E-state index contributed by atoms with van der Waals surface area (Å²) in [6, 6.07) is 7.84. The average Bonchev–Trinajstić information content (AvgIpc) is 2.47. The van der Waals surface area contributed by atoms with Crippen LogP contribution in [0.15, 0.2) is 51.1 Å². The molecular formula is C15H13ClFNaO5S2. The second kappa shape index (κ2) is 9.25. The number of ether oxygens (including phenoxy) is 1. The summed E-state index contributed by atoms with van der Waals surface area (Å²) >= 11 is 7.13. The number of rotatable bonds is 6. The molecule has 0 aliphatic carbocycles. The normalized spacial score (nSPS) is 10.8. The Hall–Kier alpha value is -0.770. The summed E-state index contributed by atoms with van der Waals surface area (Å²) in [6.07, 6.45) is 1.07. The standard InChI is InChI=1S/C15H12ClFO5S2.Na.H/c1-24(20,21)10-3-5-13(11(16)7-10)23-14-6-9(17)2-4-12(14)22-8-15(18)19;;/h2-7H,8H2,1H3,(H,18,19);;. The van der Waals surface area contributed by atoms with Gasteiger partial charge in [0.05, 0.1) is 14.8 Å². The van der Waals surface area contributed by atoms with Crippen LogP contribution in [0.1, 0.15) is 0 Å². The number of sulfone groups is 1. The van der Waals surface area contributed by atoms with E-state index in [1.54, 1.807) is 0 Å². The van der Waals surface area contributed by atoms with Crippen molar-refractivity contribution in [2.75, 3.05) is 12.9 Å². The van der Waals surface area contributed by atoms with Gasteiger partial charge < -0.3 is 9.84 Å². The van der Waals surface area contributed by atoms with Gasteiger partial charge in [-0.25, -0.2) is 17.6 Å². The Balaban J connectivity index is 0.00000312. The van der Waals surface area contributed by atoms with Crippen LogP contribution in [0.25, 0.3) is 0 Å². The zero-order chi connectivity index (χ0) is 17.9. The van der Waals surface area contributed by atoms with E-state index in [1.165, 1.54) is 30.3 Å². The fourth-order valence-corrected chi connectivity index (χ4v) is 3.67. The molecule has 0 aliphatic heterocycles. The van der Waals surface area contributed by atoms with E-state index in [1.807, 2.05) is 0 Å². The summed E-state index contributed by atoms with van der Waals surface area (Å²) < 4.78 is 41.6. The van der Waals surface area contributed by atoms with Gasteiger partial charge in [-0.15, -0.1) is 0 Å². The number of aliphatic carboxylic acids is 1. The van der Waals surface area contributed by atoms with Crippen molar-refractivity contribution in [1.29, 1.82) is 0 Å². The third kappa shape index (κ3) is 6.47. The van der Waals surface area contributed by atoms with Crippen molar-refractivity contribution in [2.45, 2.75) is 14.7 Å². The van der Waals surface area contributed by atoms with Crippen molar-refractivity contribution < 1.29 is 27.4 Å². The van der Waals surface area contributed by atoms with Gasteiger partial charge in [0.15, 0.2) is 16.4 Å². The zero-order valence-electron chi connectivity index (χ0n) is 12.3. The van der Waals surface area contributed by atoms with Crippen molar-refractivity contribution >= 4 is 68.7 Å². The Morgan fingerprint density at radius 1 is 1.24 bits per heavy atom. The Morgan fingerprint density at radius 2 is 1.92 bits per heavy atom. The van der Waals surface area contributed by atoms with E-state index in [2.05, 4.69) is 0 Å². The van der Waals surface area contributed by atoms with Crippen LogP contribution < -0.4 is 4.74 Å². The quantitative estimate of drug-likeness (QED) is 0.732. The first-order valence-corrected chi connectivity index (χ1v) is 9.57. The molecular weight excluding hydrogens is 402 g/mol. The molecule has 0 bridgehead atoms. The number of hydrogen-bond acceptors (Lipinski definition) is 5. The van der Waals surface area contributed by atoms with Crippen LogP contribution in [0.4, 0.5) is 4.39 Å². The van der Waals surface area contributed by atoms with E-state index >= 15 is 0 Å². The molecule has 25 heavy (non-hydrogen) atoms. The minimum atomic E-state index is -3.39. The van der Waals surface area contributed by atoms with Crippen molar-refractivity contribution in [3.05, 3.63) is 47.2 Å². The zero-order valence-corrected chi connectivity index (χ0v) is 14.7. The summed E-state index contributed by atoms with van der Waals surface area (Å²) in [5.74, 6) is -1.50. The number of carboxylic acids is 1. The molecule has 5 nitrogen and oxygen atoms in total. The molecule has 2 aromatic carbocycles. The van der Waals surface area contributed by atoms with Gasteiger partial charge in [-0.3, -0.25) is 0 Å². The fourth-order valence-electron chi connectivity index (χ4n) is 1.73. The molecule has 0 radical (unpaired) electrons. The second-order valence-electron chi connectivity index (χ2n) is 4.74. The van der Waals surface area contributed by atoms with Crippen LogP contribution in [0.5, 0.6) is 5.75 Å². The number of hydrogen-bond donors (Lipinski definition) is 1. The van der Waals surface area contributed by atoms with Crippen LogP contribution in [-0.2, 0) is 14.6 Å². The van der Waals surface area contributed by atoms with Gasteiger partial charge >= 0.3 is 35.5 Å². The maximum absolute atomic E-state index is 13.5. The molecule has 130 valence electrons. The average molecular weight is 415 g/mol. The van der Waals surface area contributed by atoms with Crippen LogP contribution >= 0.6 is 23.4 Å². The predicted octanol–water partition coefficient (Wildman–Crippen LogP) is 2.85. The molecule has 2 rings (SSSR count). The SMILES string of the molecule is CS(=O)(=O)c1ccc(Sc2cc(F)ccc2OCC(=O)O)c(Cl)c1.[NaH]. The Kier molecular flexibility index (Phi) is 8.24. The molecule has 0 spiro atoms. The van der Waals surface area contributed by atoms with Crippen LogP contribution in [0, 0.1) is 5.82 Å². The van der Waals surface area contributed by atoms with Crippen molar-refractivity contribution in [1.82, 2.24) is 0 Å². The minimum absolute atomic E-state index is 0. The second-order valence-corrected chi connectivity index (χ2v) is 8.25. The molecule has 0 amide bonds. The van der Waals surface area contributed by atoms with Crippen molar-refractivity contribution in [3.63, 3.8) is 0 Å². The Morgan fingerprint density at radius 3 is 2.48 bits per heavy atom. The van der Waals surface area contributed by atoms with Gasteiger partial charge in [0.2, 0.25) is 0 Å². The van der Waals surface area contributed by atoms with E-state index in [9.17, 15) is 17.6 Å². The molecule has 0 aliphatic rings. The molecule has 0 saturated carbocycles. The van der Waals surface area contributed by atoms with E-state index < -0.39 is 28.2 Å². The van der Waals surface area contributed by atoms with Gasteiger partial charge in [-0.05, 0) is 36.4 Å². The van der Waals surface area contributed by atoms with E-state index in [4.69, 9.17) is 21.4 Å². The van der Waals surface area contributed by atoms with Gasteiger partial charge in [-0.2, -0.15) is 0 Å². The van der Waals surface area contributed by atoms with E-state index in [0.717, 1.165) is 24.1 Å². The van der Waals surface area contributed by atoms with Gasteiger partial charge in [0, 0.05) is 11.2 Å². The predicted molar refractivity (Wildman–Crippen MR) is 95.4 cm³/mol. The Bertz CT molecular complexity index is 889. The fraction of sp³-hybridized carbons (Fsp3) is 0.133. The number of halogens is 2. The Labute approximate surface area is 175 Å². The first kappa shape index (κ1) is 22.3. The third-order valence-electron chi connectivity index (χ3n) is 2.81. The first-order valence-electron chi connectivity index (χ1n) is 6.48. The summed E-state index contributed by atoms with van der Waals surface area (Å²) in [7, 11) is -3.39. The topological polar surface area (TPSA) is 80.7 Å². The van der Waals surface area contributed by atoms with Gasteiger partial charge in [-0.1, -0.05) is 23.4 Å². The van der Waals surface area contributed by atoms with Gasteiger partial charge in [0.25, 0.3) is 0 Å². The monoisotopic (exact) mass is 414 g/mol. The first-order chi connectivity index (χ1) is 11.2. The number of benzene rings is 2. The summed E-state index contributed by atoms with van der Waals surface area (Å²) in [4.78, 5) is 11.5. The van der Waals surface area contributed by atoms with Crippen LogP contribution in [-0.4, -0.2) is 61.9 Å². The molecule has 2 aromatic rings. The molecule has 1 N–H and O–H groups in total. The van der Waals surface area contributed by atoms with Crippen LogP contribution in [0.3, 0.4) is 0 Å². The van der Waals surface area contributed by atoms with E-state index in [-0.39, 0.29) is 45.2 Å². The molecule has 0 atom stereocenters. The van der Waals surface area contributed by atoms with Crippen LogP contribution in [0.2, 0.25) is 5.02 Å². The summed E-state index contributed by atoms with van der Waals surface area (Å²) in [5, 5.41) is 8.85. The molecule has 10 heteroatoms. The number of carbonyl (C=O) groups is 1. The van der Waals surface area contributed by atoms with Crippen molar-refractivity contribution in [2.24, 2.45) is 0 Å². The molecule has 0 aromatic heterocycles. The third-order valence-corrected chi connectivity index (χ3v) is 5.46. The molecule has 0 fully saturated rings.